The van der Waals surface area contributed by atoms with Crippen molar-refractivity contribution >= 4 is 0 Å². The predicted molar refractivity (Wildman–Crippen MR) is 55.2 cm³/mol. The Kier molecular flexibility index (Phi) is 3.20. The van der Waals surface area contributed by atoms with Crippen molar-refractivity contribution in [3.8, 4) is 0 Å². The lowest BCUT2D eigenvalue weighted by Crippen LogP contribution is -2.23. The number of rotatable bonds is 3. The molecule has 1 aromatic heterocycles. The van der Waals surface area contributed by atoms with E-state index in [0.717, 1.165) is 6.42 Å². The Morgan fingerprint density at radius 2 is 2.13 bits per heavy atom. The van der Waals surface area contributed by atoms with Gasteiger partial charge in [-0.1, -0.05) is 37.3 Å². The van der Waals surface area contributed by atoms with Gasteiger partial charge < -0.3 is 5.73 Å². The number of hydrogen-bond donors (Lipinski definition) is 1. The van der Waals surface area contributed by atoms with Crippen molar-refractivity contribution in [2.24, 2.45) is 11.7 Å². The highest BCUT2D eigenvalue weighted by atomic mass is 16.5. The molecule has 0 amide bonds. The van der Waals surface area contributed by atoms with Crippen LogP contribution in [-0.4, -0.2) is 9.72 Å². The van der Waals surface area contributed by atoms with E-state index < -0.39 is 5.76 Å². The van der Waals surface area contributed by atoms with Crippen molar-refractivity contribution in [3.63, 3.8) is 0 Å². The lowest BCUT2D eigenvalue weighted by atomic mass is 9.87. The molecule has 0 aromatic carbocycles. The van der Waals surface area contributed by atoms with Gasteiger partial charge in [-0.2, -0.15) is 0 Å². The molecule has 0 unspecified atom stereocenters. The van der Waals surface area contributed by atoms with E-state index in [4.69, 9.17) is 5.73 Å². The first kappa shape index (κ1) is 10.4. The summed E-state index contributed by atoms with van der Waals surface area (Å²) in [6.45, 7) is 0.157. The predicted octanol–water partition coefficient (Wildman–Crippen LogP) is 0.875. The normalized spacial score (nSPS) is 18.2. The average molecular weight is 211 g/mol. The molecule has 1 aliphatic carbocycles. The zero-order valence-corrected chi connectivity index (χ0v) is 8.82. The molecule has 2 N–H and O–H groups in total. The summed E-state index contributed by atoms with van der Waals surface area (Å²) in [4.78, 5) is 11.2. The number of nitrogens with two attached hydrogens (primary N) is 1. The van der Waals surface area contributed by atoms with Crippen molar-refractivity contribution in [2.75, 3.05) is 0 Å². The van der Waals surface area contributed by atoms with Crippen LogP contribution >= 0.6 is 0 Å². The minimum atomic E-state index is -0.441. The number of hydrogen-bond acceptors (Lipinski definition) is 4. The Morgan fingerprint density at radius 1 is 1.40 bits per heavy atom. The topological polar surface area (TPSA) is 74.1 Å². The minimum absolute atomic E-state index is 0.157. The van der Waals surface area contributed by atoms with Gasteiger partial charge in [-0.15, -0.1) is 0 Å². The van der Waals surface area contributed by atoms with Crippen LogP contribution in [0.5, 0.6) is 0 Å². The van der Waals surface area contributed by atoms with E-state index in [1.54, 1.807) is 0 Å². The summed E-state index contributed by atoms with van der Waals surface area (Å²) in [6.07, 6.45) is 7.18. The molecule has 0 saturated heterocycles. The summed E-state index contributed by atoms with van der Waals surface area (Å²) >= 11 is 0. The zero-order chi connectivity index (χ0) is 10.7. The summed E-state index contributed by atoms with van der Waals surface area (Å²) in [5.74, 6) is 0.902. The standard InChI is InChI=1S/C10H17N3O2/c11-7-13-9(12-15-10(13)14)6-8-4-2-1-3-5-8/h8H,1-7,11H2. The number of aromatic nitrogens is 2. The zero-order valence-electron chi connectivity index (χ0n) is 8.82. The SMILES string of the molecule is NCn1c(CC2CCCCC2)noc1=O. The van der Waals surface area contributed by atoms with Crippen LogP contribution in [-0.2, 0) is 13.1 Å². The molecule has 1 aliphatic rings. The maximum atomic E-state index is 11.2. The highest BCUT2D eigenvalue weighted by molar-refractivity contribution is 4.87. The average Bonchev–Trinajstić information content (AvgIpc) is 2.61. The summed E-state index contributed by atoms with van der Waals surface area (Å²) in [5.41, 5.74) is 5.46. The van der Waals surface area contributed by atoms with Gasteiger partial charge in [0.25, 0.3) is 0 Å². The fourth-order valence-electron chi connectivity index (χ4n) is 2.27. The van der Waals surface area contributed by atoms with Crippen LogP contribution in [0.15, 0.2) is 9.32 Å². The fraction of sp³-hybridized carbons (Fsp3) is 0.800. The smallest absolute Gasteiger partial charge is 0.313 e. The second kappa shape index (κ2) is 4.61. The molecule has 84 valence electrons. The van der Waals surface area contributed by atoms with E-state index in [2.05, 4.69) is 9.68 Å². The molecule has 1 heterocycles. The molecule has 1 aromatic rings. The molecular weight excluding hydrogens is 194 g/mol. The van der Waals surface area contributed by atoms with Crippen LogP contribution in [0.2, 0.25) is 0 Å². The van der Waals surface area contributed by atoms with E-state index in [0.29, 0.717) is 11.7 Å². The van der Waals surface area contributed by atoms with Gasteiger partial charge >= 0.3 is 5.76 Å². The van der Waals surface area contributed by atoms with Gasteiger partial charge in [0.1, 0.15) is 0 Å². The molecule has 0 radical (unpaired) electrons. The van der Waals surface area contributed by atoms with Crippen LogP contribution in [0.3, 0.4) is 0 Å². The highest BCUT2D eigenvalue weighted by Crippen LogP contribution is 2.25. The van der Waals surface area contributed by atoms with Crippen LogP contribution in [0, 0.1) is 5.92 Å². The van der Waals surface area contributed by atoms with Gasteiger partial charge in [-0.25, -0.2) is 9.36 Å². The van der Waals surface area contributed by atoms with Crippen LogP contribution < -0.4 is 11.5 Å². The third-order valence-corrected chi connectivity index (χ3v) is 3.14. The van der Waals surface area contributed by atoms with Crippen molar-refractivity contribution in [1.29, 1.82) is 0 Å². The van der Waals surface area contributed by atoms with E-state index in [1.165, 1.54) is 36.7 Å². The summed E-state index contributed by atoms with van der Waals surface area (Å²) in [5, 5.41) is 3.78. The number of nitrogens with zero attached hydrogens (tertiary/aromatic N) is 2. The molecule has 0 bridgehead atoms. The van der Waals surface area contributed by atoms with Crippen molar-refractivity contribution in [1.82, 2.24) is 9.72 Å². The maximum absolute atomic E-state index is 11.2. The van der Waals surface area contributed by atoms with Crippen LogP contribution in [0.25, 0.3) is 0 Å². The Bertz CT molecular complexity index is 363. The Labute approximate surface area is 88.2 Å². The second-order valence-corrected chi connectivity index (χ2v) is 4.18. The third kappa shape index (κ3) is 2.28. The van der Waals surface area contributed by atoms with Gasteiger partial charge in [0.15, 0.2) is 5.82 Å². The molecule has 5 nitrogen and oxygen atoms in total. The Balaban J connectivity index is 2.06. The van der Waals surface area contributed by atoms with Gasteiger partial charge in [-0.05, 0) is 5.92 Å². The molecule has 0 atom stereocenters. The molecule has 2 rings (SSSR count). The minimum Gasteiger partial charge on any atom is -0.313 e. The van der Waals surface area contributed by atoms with Gasteiger partial charge in [0.05, 0.1) is 6.67 Å². The first-order valence-corrected chi connectivity index (χ1v) is 5.56. The van der Waals surface area contributed by atoms with Crippen molar-refractivity contribution in [2.45, 2.75) is 45.2 Å². The first-order chi connectivity index (χ1) is 7.31. The van der Waals surface area contributed by atoms with Crippen LogP contribution in [0.4, 0.5) is 0 Å². The fourth-order valence-corrected chi connectivity index (χ4v) is 2.27. The lowest BCUT2D eigenvalue weighted by Gasteiger charge is -2.20. The van der Waals surface area contributed by atoms with E-state index in [1.807, 2.05) is 0 Å². The molecular formula is C10H17N3O2. The largest absolute Gasteiger partial charge is 0.442 e. The van der Waals surface area contributed by atoms with E-state index in [-0.39, 0.29) is 6.67 Å². The van der Waals surface area contributed by atoms with E-state index >= 15 is 0 Å². The second-order valence-electron chi connectivity index (χ2n) is 4.18. The van der Waals surface area contributed by atoms with Crippen molar-refractivity contribution in [3.05, 3.63) is 16.4 Å². The summed E-state index contributed by atoms with van der Waals surface area (Å²) < 4.78 is 6.02. The molecule has 0 spiro atoms. The summed E-state index contributed by atoms with van der Waals surface area (Å²) in [7, 11) is 0. The third-order valence-electron chi connectivity index (χ3n) is 3.14. The van der Waals surface area contributed by atoms with Crippen LogP contribution in [0.1, 0.15) is 37.9 Å². The highest BCUT2D eigenvalue weighted by Gasteiger charge is 2.18. The Morgan fingerprint density at radius 3 is 2.80 bits per heavy atom. The Hall–Kier alpha value is -1.10. The quantitative estimate of drug-likeness (QED) is 0.805. The summed E-state index contributed by atoms with van der Waals surface area (Å²) in [6, 6.07) is 0. The van der Waals surface area contributed by atoms with Gasteiger partial charge in [0, 0.05) is 6.42 Å². The van der Waals surface area contributed by atoms with E-state index in [9.17, 15) is 4.79 Å². The first-order valence-electron chi connectivity index (χ1n) is 5.56. The lowest BCUT2D eigenvalue weighted by molar-refractivity contribution is 0.338. The molecule has 5 heteroatoms. The molecule has 1 saturated carbocycles. The van der Waals surface area contributed by atoms with Gasteiger partial charge in [0.2, 0.25) is 0 Å². The monoisotopic (exact) mass is 211 g/mol. The molecule has 15 heavy (non-hydrogen) atoms. The van der Waals surface area contributed by atoms with Gasteiger partial charge in [-0.3, -0.25) is 4.52 Å². The maximum Gasteiger partial charge on any atom is 0.442 e. The molecule has 1 fully saturated rings. The molecule has 0 aliphatic heterocycles. The van der Waals surface area contributed by atoms with Crippen molar-refractivity contribution < 1.29 is 4.52 Å².